The number of hydrogen-bond donors (Lipinski definition) is 2. The highest BCUT2D eigenvalue weighted by molar-refractivity contribution is 7.98. The molecule has 8 nitrogen and oxygen atoms in total. The van der Waals surface area contributed by atoms with Crippen molar-refractivity contribution >= 4 is 23.5 Å². The third-order valence-corrected chi connectivity index (χ3v) is 8.97. The van der Waals surface area contributed by atoms with Gasteiger partial charge in [-0.3, -0.25) is 0 Å². The van der Waals surface area contributed by atoms with Gasteiger partial charge in [0.1, 0.15) is 22.5 Å². The first-order chi connectivity index (χ1) is 16.6. The number of hydrogen-bond acceptors (Lipinski definition) is 9. The van der Waals surface area contributed by atoms with E-state index in [9.17, 15) is 5.26 Å². The Kier molecular flexibility index (Phi) is 5.63. The van der Waals surface area contributed by atoms with E-state index in [2.05, 4.69) is 31.7 Å². The fourth-order valence-electron chi connectivity index (χ4n) is 7.09. The van der Waals surface area contributed by atoms with Crippen LogP contribution in [0.1, 0.15) is 43.2 Å². The van der Waals surface area contributed by atoms with Gasteiger partial charge in [0.15, 0.2) is 5.79 Å². The molecule has 2 N–H and O–H groups in total. The van der Waals surface area contributed by atoms with Crippen molar-refractivity contribution in [2.24, 2.45) is 23.2 Å². The molecule has 2 aromatic rings. The van der Waals surface area contributed by atoms with Crippen LogP contribution in [0.15, 0.2) is 29.6 Å². The van der Waals surface area contributed by atoms with E-state index >= 15 is 0 Å². The molecular weight excluding hydrogens is 448 g/mol. The van der Waals surface area contributed by atoms with Gasteiger partial charge in [-0.2, -0.15) is 10.2 Å². The first-order valence-corrected chi connectivity index (χ1v) is 13.4. The molecule has 5 aliphatic rings. The van der Waals surface area contributed by atoms with E-state index in [4.69, 9.17) is 9.47 Å². The van der Waals surface area contributed by atoms with Gasteiger partial charge >= 0.3 is 0 Å². The molecule has 4 aliphatic carbocycles. The molecule has 4 bridgehead atoms. The largest absolute Gasteiger partial charge is 0.368 e. The predicted molar refractivity (Wildman–Crippen MR) is 129 cm³/mol. The number of ether oxygens (including phenoxy) is 2. The maximum Gasteiger partial charge on any atom is 0.224 e. The molecule has 2 aromatic heterocycles. The lowest BCUT2D eigenvalue weighted by atomic mass is 9.47. The summed E-state index contributed by atoms with van der Waals surface area (Å²) in [6, 6.07) is 6.22. The van der Waals surface area contributed by atoms with Gasteiger partial charge in [0, 0.05) is 36.7 Å². The number of anilines is 2. The average Bonchev–Trinajstić information content (AvgIpc) is 3.36. The smallest absolute Gasteiger partial charge is 0.224 e. The summed E-state index contributed by atoms with van der Waals surface area (Å²) in [6.45, 7) is 2.84. The van der Waals surface area contributed by atoms with Crippen molar-refractivity contribution in [2.45, 2.75) is 49.5 Å². The van der Waals surface area contributed by atoms with Crippen LogP contribution in [-0.2, 0) is 16.0 Å². The summed E-state index contributed by atoms with van der Waals surface area (Å²) < 4.78 is 12.5. The van der Waals surface area contributed by atoms with Gasteiger partial charge in [-0.05, 0) is 55.8 Å². The molecule has 4 saturated carbocycles. The zero-order valence-corrected chi connectivity index (χ0v) is 20.2. The third kappa shape index (κ3) is 3.72. The van der Waals surface area contributed by atoms with E-state index < -0.39 is 0 Å². The first-order valence-electron chi connectivity index (χ1n) is 12.1. The quantitative estimate of drug-likeness (QED) is 0.570. The lowest BCUT2D eigenvalue weighted by molar-refractivity contribution is -0.301. The zero-order chi connectivity index (χ0) is 23.2. The highest BCUT2D eigenvalue weighted by Crippen LogP contribution is 2.65. The topological polar surface area (TPSA) is 105 Å². The molecule has 4 atom stereocenters. The molecule has 1 saturated heterocycles. The van der Waals surface area contributed by atoms with Crippen molar-refractivity contribution in [1.82, 2.24) is 15.0 Å². The van der Waals surface area contributed by atoms with E-state index in [1.54, 1.807) is 24.2 Å². The SMILES string of the molecule is CSc1ncccc1CNc1ncc(C#N)c(NC[C@]23CC4C[C@H](C2)C2(OCCO2)[C@@H](C4)C3)n1. The van der Waals surface area contributed by atoms with Crippen LogP contribution in [0.3, 0.4) is 0 Å². The van der Waals surface area contributed by atoms with Crippen molar-refractivity contribution in [3.63, 3.8) is 0 Å². The number of nitrogens with one attached hydrogen (secondary N) is 2. The molecular formula is C25H30N6O2S. The molecule has 9 heteroatoms. The standard InChI is InChI=1S/C25H30N6O2S/c1-34-22-17(3-2-4-27-22)13-28-23-29-14-18(12-26)21(31-23)30-15-24-9-16-7-19(10-24)25(20(8-16)11-24)32-5-6-33-25/h2-4,14,16,19-20H,5-11,13,15H2,1H3,(H2,28,29,30,31)/t16?,19-,20+,24-. The maximum absolute atomic E-state index is 9.65. The van der Waals surface area contributed by atoms with Gasteiger partial charge in [-0.1, -0.05) is 6.07 Å². The lowest BCUT2D eigenvalue weighted by Gasteiger charge is -2.63. The summed E-state index contributed by atoms with van der Waals surface area (Å²) in [4.78, 5) is 13.4. The fourth-order valence-corrected chi connectivity index (χ4v) is 7.66. The van der Waals surface area contributed by atoms with Crippen LogP contribution >= 0.6 is 11.8 Å². The number of nitriles is 1. The van der Waals surface area contributed by atoms with Crippen LogP contribution < -0.4 is 10.6 Å². The van der Waals surface area contributed by atoms with Gasteiger partial charge < -0.3 is 20.1 Å². The second-order valence-electron chi connectivity index (χ2n) is 10.2. The van der Waals surface area contributed by atoms with E-state index in [-0.39, 0.29) is 11.2 Å². The highest BCUT2D eigenvalue weighted by Gasteiger charge is 2.64. The van der Waals surface area contributed by atoms with Crippen LogP contribution in [0.2, 0.25) is 0 Å². The maximum atomic E-state index is 9.65. The summed E-state index contributed by atoms with van der Waals surface area (Å²) in [7, 11) is 0. The van der Waals surface area contributed by atoms with Crippen molar-refractivity contribution in [3.05, 3.63) is 35.7 Å². The van der Waals surface area contributed by atoms with Crippen LogP contribution in [-0.4, -0.2) is 46.8 Å². The van der Waals surface area contributed by atoms with Gasteiger partial charge in [0.25, 0.3) is 0 Å². The summed E-state index contributed by atoms with van der Waals surface area (Å²) in [5.41, 5.74) is 1.78. The normalized spacial score (nSPS) is 30.4. The molecule has 1 aliphatic heterocycles. The second kappa shape index (κ2) is 8.67. The Morgan fingerprint density at radius 1 is 1.15 bits per heavy atom. The summed E-state index contributed by atoms with van der Waals surface area (Å²) in [5.74, 6) is 2.50. The van der Waals surface area contributed by atoms with Gasteiger partial charge in [0.2, 0.25) is 5.95 Å². The monoisotopic (exact) mass is 478 g/mol. The minimum Gasteiger partial charge on any atom is -0.368 e. The van der Waals surface area contributed by atoms with Crippen LogP contribution in [0, 0.1) is 34.5 Å². The minimum atomic E-state index is -0.327. The number of nitrogens with zero attached hydrogens (tertiary/aromatic N) is 4. The second-order valence-corrected chi connectivity index (χ2v) is 11.0. The highest BCUT2D eigenvalue weighted by atomic mass is 32.2. The minimum absolute atomic E-state index is 0.214. The van der Waals surface area contributed by atoms with E-state index in [0.717, 1.165) is 49.1 Å². The number of aromatic nitrogens is 3. The molecule has 34 heavy (non-hydrogen) atoms. The van der Waals surface area contributed by atoms with Crippen LogP contribution in [0.4, 0.5) is 11.8 Å². The Balaban J connectivity index is 1.16. The lowest BCUT2D eigenvalue weighted by Crippen LogP contribution is -2.62. The molecule has 3 heterocycles. The Morgan fingerprint density at radius 2 is 1.94 bits per heavy atom. The Morgan fingerprint density at radius 3 is 2.68 bits per heavy atom. The van der Waals surface area contributed by atoms with Crippen molar-refractivity contribution in [1.29, 1.82) is 5.26 Å². The van der Waals surface area contributed by atoms with Crippen LogP contribution in [0.5, 0.6) is 0 Å². The van der Waals surface area contributed by atoms with Crippen LogP contribution in [0.25, 0.3) is 0 Å². The Hall–Kier alpha value is -2.41. The molecule has 1 unspecified atom stereocenters. The molecule has 178 valence electrons. The van der Waals surface area contributed by atoms with Crippen molar-refractivity contribution in [2.75, 3.05) is 36.6 Å². The fraction of sp³-hybridized carbons (Fsp3) is 0.600. The molecule has 5 fully saturated rings. The number of rotatable bonds is 7. The van der Waals surface area contributed by atoms with Crippen molar-refractivity contribution in [3.8, 4) is 6.07 Å². The predicted octanol–water partition coefficient (Wildman–Crippen LogP) is 4.06. The van der Waals surface area contributed by atoms with Crippen molar-refractivity contribution < 1.29 is 9.47 Å². The van der Waals surface area contributed by atoms with Gasteiger partial charge in [-0.15, -0.1) is 11.8 Å². The molecule has 1 spiro atoms. The first kappa shape index (κ1) is 22.1. The Labute approximate surface area is 204 Å². The van der Waals surface area contributed by atoms with Gasteiger partial charge in [0.05, 0.1) is 19.4 Å². The third-order valence-electron chi connectivity index (χ3n) is 8.21. The average molecular weight is 479 g/mol. The number of pyridine rings is 1. The summed E-state index contributed by atoms with van der Waals surface area (Å²) in [5, 5.41) is 17.5. The molecule has 7 rings (SSSR count). The van der Waals surface area contributed by atoms with E-state index in [1.807, 2.05) is 18.4 Å². The zero-order valence-electron chi connectivity index (χ0n) is 19.4. The Bertz CT molecular complexity index is 1100. The molecule has 0 aromatic carbocycles. The molecule has 0 radical (unpaired) electrons. The number of thioether (sulfide) groups is 1. The summed E-state index contributed by atoms with van der Waals surface area (Å²) in [6.07, 6.45) is 11.3. The van der Waals surface area contributed by atoms with E-state index in [1.165, 1.54) is 19.3 Å². The summed E-state index contributed by atoms with van der Waals surface area (Å²) >= 11 is 1.62. The van der Waals surface area contributed by atoms with Gasteiger partial charge in [-0.25, -0.2) is 9.97 Å². The molecule has 0 amide bonds. The van der Waals surface area contributed by atoms with E-state index in [0.29, 0.717) is 35.7 Å².